The molecule has 0 saturated carbocycles. The molecule has 0 spiro atoms. The van der Waals surface area contributed by atoms with Crippen LogP contribution in [0.2, 0.25) is 5.02 Å². The molecule has 1 unspecified atom stereocenters. The van der Waals surface area contributed by atoms with Crippen molar-refractivity contribution in [2.24, 2.45) is 0 Å². The number of hydrogen-bond donors (Lipinski definition) is 0. The van der Waals surface area contributed by atoms with Crippen molar-refractivity contribution in [3.05, 3.63) is 70.2 Å². The Kier molecular flexibility index (Phi) is 5.44. The third-order valence-electron chi connectivity index (χ3n) is 3.05. The summed E-state index contributed by atoms with van der Waals surface area (Å²) >= 11 is 9.94. The average molecular weight is 340 g/mol. The summed E-state index contributed by atoms with van der Waals surface area (Å²) in [5.41, 5.74) is 3.58. The van der Waals surface area contributed by atoms with Gasteiger partial charge in [-0.3, -0.25) is 0 Å². The molecule has 0 aliphatic heterocycles. The first kappa shape index (κ1) is 14.6. The summed E-state index contributed by atoms with van der Waals surface area (Å²) < 4.78 is 5.08. The van der Waals surface area contributed by atoms with Crippen LogP contribution in [0.5, 0.6) is 0 Å². The molecular formula is C16H16BrClO. The smallest absolute Gasteiger partial charge is 0.0659 e. The summed E-state index contributed by atoms with van der Waals surface area (Å²) in [6, 6.07) is 16.4. The molecule has 2 aromatic carbocycles. The van der Waals surface area contributed by atoms with E-state index in [0.29, 0.717) is 0 Å². The molecule has 0 saturated heterocycles. The van der Waals surface area contributed by atoms with Crippen LogP contribution >= 0.6 is 27.5 Å². The van der Waals surface area contributed by atoms with E-state index in [1.54, 1.807) is 7.11 Å². The maximum atomic E-state index is 6.22. The molecule has 0 radical (unpaired) electrons. The van der Waals surface area contributed by atoms with Crippen LogP contribution in [0, 0.1) is 0 Å². The predicted molar refractivity (Wildman–Crippen MR) is 84.2 cm³/mol. The van der Waals surface area contributed by atoms with Crippen molar-refractivity contribution in [2.45, 2.75) is 11.2 Å². The molecular weight excluding hydrogens is 324 g/mol. The van der Waals surface area contributed by atoms with Gasteiger partial charge in [-0.15, -0.1) is 0 Å². The van der Waals surface area contributed by atoms with Gasteiger partial charge in [0.25, 0.3) is 0 Å². The van der Waals surface area contributed by atoms with Crippen LogP contribution in [0.3, 0.4) is 0 Å². The monoisotopic (exact) mass is 338 g/mol. The molecule has 19 heavy (non-hydrogen) atoms. The summed E-state index contributed by atoms with van der Waals surface area (Å²) in [5, 5.41) is 0.785. The van der Waals surface area contributed by atoms with Gasteiger partial charge in [0, 0.05) is 12.1 Å². The quantitative estimate of drug-likeness (QED) is 0.696. The highest BCUT2D eigenvalue weighted by atomic mass is 79.9. The molecule has 0 bridgehead atoms. The zero-order valence-electron chi connectivity index (χ0n) is 10.8. The Hall–Kier alpha value is -0.830. The molecule has 2 aromatic rings. The zero-order chi connectivity index (χ0) is 13.7. The van der Waals surface area contributed by atoms with E-state index in [9.17, 15) is 0 Å². The third-order valence-corrected chi connectivity index (χ3v) is 4.41. The normalized spacial score (nSPS) is 12.4. The Morgan fingerprint density at radius 2 is 1.79 bits per heavy atom. The second kappa shape index (κ2) is 7.09. The van der Waals surface area contributed by atoms with E-state index in [2.05, 4.69) is 40.2 Å². The van der Waals surface area contributed by atoms with Crippen LogP contribution in [0.4, 0.5) is 0 Å². The SMILES string of the molecule is COCCc1ccc(C(Br)c2ccccc2Cl)cc1. The zero-order valence-corrected chi connectivity index (χ0v) is 13.1. The van der Waals surface area contributed by atoms with Gasteiger partial charge < -0.3 is 4.74 Å². The fourth-order valence-corrected chi connectivity index (χ4v) is 3.01. The summed E-state index contributed by atoms with van der Waals surface area (Å²) in [6.45, 7) is 0.752. The van der Waals surface area contributed by atoms with Gasteiger partial charge in [0.2, 0.25) is 0 Å². The van der Waals surface area contributed by atoms with E-state index < -0.39 is 0 Å². The van der Waals surface area contributed by atoms with Gasteiger partial charge >= 0.3 is 0 Å². The highest BCUT2D eigenvalue weighted by Gasteiger charge is 2.12. The predicted octanol–water partition coefficient (Wildman–Crippen LogP) is 5.01. The van der Waals surface area contributed by atoms with Crippen molar-refractivity contribution >= 4 is 27.5 Å². The van der Waals surface area contributed by atoms with Crippen molar-refractivity contribution in [3.63, 3.8) is 0 Å². The Labute approximate surface area is 127 Å². The van der Waals surface area contributed by atoms with Gasteiger partial charge in [0.05, 0.1) is 11.4 Å². The number of hydrogen-bond acceptors (Lipinski definition) is 1. The largest absolute Gasteiger partial charge is 0.384 e. The topological polar surface area (TPSA) is 9.23 Å². The van der Waals surface area contributed by atoms with Gasteiger partial charge in [-0.05, 0) is 29.2 Å². The van der Waals surface area contributed by atoms with E-state index in [1.165, 1.54) is 11.1 Å². The van der Waals surface area contributed by atoms with E-state index >= 15 is 0 Å². The first-order chi connectivity index (χ1) is 9.22. The minimum absolute atomic E-state index is 0.123. The Balaban J connectivity index is 2.16. The molecule has 0 fully saturated rings. The van der Waals surface area contributed by atoms with E-state index in [1.807, 2.05) is 24.3 Å². The third kappa shape index (κ3) is 3.82. The second-order valence-corrected chi connectivity index (χ2v) is 5.69. The van der Waals surface area contributed by atoms with Crippen molar-refractivity contribution in [2.75, 3.05) is 13.7 Å². The van der Waals surface area contributed by atoms with Crippen LogP contribution in [0.25, 0.3) is 0 Å². The molecule has 1 nitrogen and oxygen atoms in total. The lowest BCUT2D eigenvalue weighted by molar-refractivity contribution is 0.202. The van der Waals surface area contributed by atoms with Crippen LogP contribution in [0.1, 0.15) is 21.5 Å². The van der Waals surface area contributed by atoms with Crippen molar-refractivity contribution in [3.8, 4) is 0 Å². The minimum atomic E-state index is 0.123. The standard InChI is InChI=1S/C16H16BrClO/c1-19-11-10-12-6-8-13(9-7-12)16(17)14-4-2-3-5-15(14)18/h2-9,16H,10-11H2,1H3. The van der Waals surface area contributed by atoms with Crippen LogP contribution in [0.15, 0.2) is 48.5 Å². The number of halogens is 2. The van der Waals surface area contributed by atoms with E-state index in [0.717, 1.165) is 23.6 Å². The number of benzene rings is 2. The lowest BCUT2D eigenvalue weighted by Gasteiger charge is -2.13. The fourth-order valence-electron chi connectivity index (χ4n) is 1.93. The second-order valence-electron chi connectivity index (χ2n) is 4.37. The van der Waals surface area contributed by atoms with E-state index in [-0.39, 0.29) is 4.83 Å². The van der Waals surface area contributed by atoms with Crippen molar-refractivity contribution in [1.82, 2.24) is 0 Å². The Morgan fingerprint density at radius 3 is 2.42 bits per heavy atom. The van der Waals surface area contributed by atoms with Crippen LogP contribution in [-0.2, 0) is 11.2 Å². The van der Waals surface area contributed by atoms with Crippen LogP contribution in [-0.4, -0.2) is 13.7 Å². The molecule has 0 amide bonds. The lowest BCUT2D eigenvalue weighted by atomic mass is 10.0. The molecule has 3 heteroatoms. The van der Waals surface area contributed by atoms with Gasteiger partial charge in [-0.2, -0.15) is 0 Å². The van der Waals surface area contributed by atoms with Gasteiger partial charge in [-0.25, -0.2) is 0 Å². The molecule has 0 aliphatic rings. The summed E-state index contributed by atoms with van der Waals surface area (Å²) in [4.78, 5) is 0.123. The number of alkyl halides is 1. The molecule has 2 rings (SSSR count). The Morgan fingerprint density at radius 1 is 1.11 bits per heavy atom. The molecule has 0 N–H and O–H groups in total. The molecule has 100 valence electrons. The molecule has 0 aromatic heterocycles. The number of ether oxygens (including phenoxy) is 1. The van der Waals surface area contributed by atoms with Gasteiger partial charge in [-0.1, -0.05) is 70.0 Å². The van der Waals surface area contributed by atoms with Crippen LogP contribution < -0.4 is 0 Å². The minimum Gasteiger partial charge on any atom is -0.384 e. The first-order valence-electron chi connectivity index (χ1n) is 6.18. The molecule has 0 heterocycles. The van der Waals surface area contributed by atoms with Crippen molar-refractivity contribution < 1.29 is 4.74 Å². The van der Waals surface area contributed by atoms with Crippen molar-refractivity contribution in [1.29, 1.82) is 0 Å². The molecule has 1 atom stereocenters. The summed E-state index contributed by atoms with van der Waals surface area (Å²) in [6.07, 6.45) is 0.940. The Bertz CT molecular complexity index is 525. The van der Waals surface area contributed by atoms with E-state index in [4.69, 9.17) is 16.3 Å². The average Bonchev–Trinajstić information content (AvgIpc) is 2.45. The number of methoxy groups -OCH3 is 1. The summed E-state index contributed by atoms with van der Waals surface area (Å²) in [7, 11) is 1.72. The maximum Gasteiger partial charge on any atom is 0.0659 e. The van der Waals surface area contributed by atoms with Gasteiger partial charge in [0.15, 0.2) is 0 Å². The first-order valence-corrected chi connectivity index (χ1v) is 7.48. The maximum absolute atomic E-state index is 6.22. The lowest BCUT2D eigenvalue weighted by Crippen LogP contribution is -1.97. The molecule has 0 aliphatic carbocycles. The highest BCUT2D eigenvalue weighted by molar-refractivity contribution is 9.09. The summed E-state index contributed by atoms with van der Waals surface area (Å²) in [5.74, 6) is 0. The highest BCUT2D eigenvalue weighted by Crippen LogP contribution is 2.34. The number of rotatable bonds is 5. The van der Waals surface area contributed by atoms with Gasteiger partial charge in [0.1, 0.15) is 0 Å². The fraction of sp³-hybridized carbons (Fsp3) is 0.250.